The maximum Gasteiger partial charge on any atom is 0.252 e. The monoisotopic (exact) mass is 395 g/mol. The quantitative estimate of drug-likeness (QED) is 0.615. The molecule has 1 fully saturated rings. The molecule has 0 radical (unpaired) electrons. The zero-order chi connectivity index (χ0) is 20.2. The molecular weight excluding hydrogens is 366 g/mol. The minimum Gasteiger partial charge on any atom is -0.463 e. The van der Waals surface area contributed by atoms with E-state index in [1.165, 1.54) is 32.4 Å². The van der Waals surface area contributed by atoms with E-state index in [2.05, 4.69) is 15.3 Å². The van der Waals surface area contributed by atoms with E-state index < -0.39 is 0 Å². The van der Waals surface area contributed by atoms with E-state index >= 15 is 0 Å². The second kappa shape index (κ2) is 8.78. The van der Waals surface area contributed by atoms with Gasteiger partial charge in [-0.2, -0.15) is 5.10 Å². The molecule has 0 spiro atoms. The molecule has 0 aromatic carbocycles. The van der Waals surface area contributed by atoms with Gasteiger partial charge in [0.25, 0.3) is 5.91 Å². The van der Waals surface area contributed by atoms with E-state index in [0.717, 1.165) is 18.4 Å². The normalized spacial score (nSPS) is 15.3. The summed E-state index contributed by atoms with van der Waals surface area (Å²) < 4.78 is 7.36. The van der Waals surface area contributed by atoms with Crippen LogP contribution in [0.3, 0.4) is 0 Å². The molecule has 0 saturated carbocycles. The molecule has 7 nitrogen and oxygen atoms in total. The summed E-state index contributed by atoms with van der Waals surface area (Å²) in [6.07, 6.45) is 8.22. The molecule has 0 bridgehead atoms. The molecule has 4 heterocycles. The fourth-order valence-corrected chi connectivity index (χ4v) is 3.92. The first-order valence-corrected chi connectivity index (χ1v) is 10.6. The van der Waals surface area contributed by atoms with Crippen molar-refractivity contribution in [3.63, 3.8) is 0 Å². The lowest BCUT2D eigenvalue weighted by molar-refractivity contribution is 0.0952. The van der Waals surface area contributed by atoms with Gasteiger partial charge in [0.1, 0.15) is 5.69 Å². The van der Waals surface area contributed by atoms with Crippen LogP contribution in [0.2, 0.25) is 0 Å². The number of furan rings is 1. The lowest BCUT2D eigenvalue weighted by atomic mass is 10.1. The number of carbonyl (C=O) groups excluding carboxylic acids is 1. The summed E-state index contributed by atoms with van der Waals surface area (Å²) in [5, 5.41) is 8.30. The van der Waals surface area contributed by atoms with E-state index in [0.29, 0.717) is 29.2 Å². The van der Waals surface area contributed by atoms with Crippen LogP contribution in [0.1, 0.15) is 55.9 Å². The molecule has 3 aromatic heterocycles. The number of nitrogens with one attached hydrogen (secondary N) is 1. The van der Waals surface area contributed by atoms with Gasteiger partial charge in [0.2, 0.25) is 0 Å². The van der Waals surface area contributed by atoms with Crippen molar-refractivity contribution in [2.45, 2.75) is 45.6 Å². The van der Waals surface area contributed by atoms with Crippen LogP contribution in [0.25, 0.3) is 22.5 Å². The van der Waals surface area contributed by atoms with Gasteiger partial charge in [-0.25, -0.2) is 9.67 Å². The van der Waals surface area contributed by atoms with Crippen LogP contribution < -0.4 is 5.32 Å². The van der Waals surface area contributed by atoms with E-state index in [-0.39, 0.29) is 11.9 Å². The molecule has 0 aliphatic carbocycles. The number of carbonyl (C=O) groups is 1. The second-order valence-corrected chi connectivity index (χ2v) is 7.96. The van der Waals surface area contributed by atoms with Gasteiger partial charge in [0.05, 0.1) is 23.4 Å². The Morgan fingerprint density at radius 1 is 1.28 bits per heavy atom. The summed E-state index contributed by atoms with van der Waals surface area (Å²) in [5.74, 6) is 0.551. The first-order chi connectivity index (χ1) is 14.1. The van der Waals surface area contributed by atoms with Crippen LogP contribution in [0.4, 0.5) is 0 Å². The average Bonchev–Trinajstić information content (AvgIpc) is 3.41. The maximum absolute atomic E-state index is 13.0. The summed E-state index contributed by atoms with van der Waals surface area (Å²) >= 11 is 0. The van der Waals surface area contributed by atoms with Crippen LogP contribution in [0.15, 0.2) is 35.1 Å². The van der Waals surface area contributed by atoms with Crippen LogP contribution in [-0.2, 0) is 0 Å². The third-order valence-electron chi connectivity index (χ3n) is 5.46. The first kappa shape index (κ1) is 19.6. The number of piperidine rings is 1. The van der Waals surface area contributed by atoms with Gasteiger partial charge in [0, 0.05) is 12.6 Å². The first-order valence-electron chi connectivity index (χ1n) is 10.6. The number of fused-ring (bicyclic) bond motifs is 1. The van der Waals surface area contributed by atoms with Crippen molar-refractivity contribution in [2.75, 3.05) is 26.2 Å². The van der Waals surface area contributed by atoms with E-state index in [4.69, 9.17) is 9.40 Å². The predicted octanol–water partition coefficient (Wildman–Crippen LogP) is 3.88. The van der Waals surface area contributed by atoms with E-state index in [9.17, 15) is 4.79 Å². The van der Waals surface area contributed by atoms with Crippen LogP contribution >= 0.6 is 0 Å². The average molecular weight is 396 g/mol. The standard InChI is InChI=1S/C22H29N5O2/c1-16(2)27-21-18(15-24-27)17(14-19(25-21)20-8-6-13-29-20)22(28)23-9-7-12-26-10-4-3-5-11-26/h6,8,13-16H,3-5,7,9-12H2,1-2H3,(H,23,28). The molecule has 4 rings (SSSR count). The molecule has 7 heteroatoms. The van der Waals surface area contributed by atoms with Crippen molar-refractivity contribution < 1.29 is 9.21 Å². The smallest absolute Gasteiger partial charge is 0.252 e. The van der Waals surface area contributed by atoms with Crippen molar-refractivity contribution in [3.05, 3.63) is 36.2 Å². The Labute approximate surface area is 171 Å². The predicted molar refractivity (Wildman–Crippen MR) is 113 cm³/mol. The van der Waals surface area contributed by atoms with Crippen molar-refractivity contribution >= 4 is 16.9 Å². The largest absolute Gasteiger partial charge is 0.463 e. The summed E-state index contributed by atoms with van der Waals surface area (Å²) in [6, 6.07) is 5.62. The minimum atomic E-state index is -0.0906. The van der Waals surface area contributed by atoms with Gasteiger partial charge in [-0.3, -0.25) is 4.79 Å². The third kappa shape index (κ3) is 4.34. The molecule has 1 aliphatic rings. The molecule has 3 aromatic rings. The minimum absolute atomic E-state index is 0.0906. The van der Waals surface area contributed by atoms with Gasteiger partial charge >= 0.3 is 0 Å². The van der Waals surface area contributed by atoms with Crippen molar-refractivity contribution in [3.8, 4) is 11.5 Å². The molecule has 1 saturated heterocycles. The zero-order valence-corrected chi connectivity index (χ0v) is 17.2. The van der Waals surface area contributed by atoms with Crippen molar-refractivity contribution in [1.29, 1.82) is 0 Å². The lowest BCUT2D eigenvalue weighted by Crippen LogP contribution is -2.33. The molecule has 1 aliphatic heterocycles. The van der Waals surface area contributed by atoms with Crippen LogP contribution in [0.5, 0.6) is 0 Å². The highest BCUT2D eigenvalue weighted by molar-refractivity contribution is 6.06. The van der Waals surface area contributed by atoms with Crippen molar-refractivity contribution in [2.24, 2.45) is 0 Å². The van der Waals surface area contributed by atoms with Gasteiger partial charge in [-0.1, -0.05) is 6.42 Å². The second-order valence-electron chi connectivity index (χ2n) is 7.96. The Morgan fingerprint density at radius 3 is 2.83 bits per heavy atom. The Hall–Kier alpha value is -2.67. The fourth-order valence-electron chi connectivity index (χ4n) is 3.92. The number of pyridine rings is 1. The summed E-state index contributed by atoms with van der Waals surface area (Å²) in [7, 11) is 0. The SMILES string of the molecule is CC(C)n1ncc2c(C(=O)NCCCN3CCCCC3)cc(-c3ccco3)nc21. The topological polar surface area (TPSA) is 76.2 Å². The van der Waals surface area contributed by atoms with E-state index in [1.807, 2.05) is 30.7 Å². The number of aromatic nitrogens is 3. The Kier molecular flexibility index (Phi) is 5.94. The van der Waals surface area contributed by atoms with Gasteiger partial charge in [-0.05, 0) is 70.9 Å². The number of amides is 1. The fraction of sp³-hybridized carbons (Fsp3) is 0.500. The lowest BCUT2D eigenvalue weighted by Gasteiger charge is -2.26. The highest BCUT2D eigenvalue weighted by Crippen LogP contribution is 2.26. The molecule has 1 N–H and O–H groups in total. The number of hydrogen-bond donors (Lipinski definition) is 1. The Balaban J connectivity index is 1.52. The highest BCUT2D eigenvalue weighted by atomic mass is 16.3. The number of hydrogen-bond acceptors (Lipinski definition) is 5. The van der Waals surface area contributed by atoms with Gasteiger partial charge < -0.3 is 14.6 Å². The highest BCUT2D eigenvalue weighted by Gasteiger charge is 2.19. The van der Waals surface area contributed by atoms with E-state index in [1.54, 1.807) is 18.5 Å². The van der Waals surface area contributed by atoms with Crippen LogP contribution in [-0.4, -0.2) is 51.8 Å². The van der Waals surface area contributed by atoms with Gasteiger partial charge in [-0.15, -0.1) is 0 Å². The van der Waals surface area contributed by atoms with Crippen LogP contribution in [0, 0.1) is 0 Å². The summed E-state index contributed by atoms with van der Waals surface area (Å²) in [6.45, 7) is 8.16. The third-order valence-corrected chi connectivity index (χ3v) is 5.46. The number of nitrogens with zero attached hydrogens (tertiary/aromatic N) is 4. The number of likely N-dealkylation sites (tertiary alicyclic amines) is 1. The molecule has 0 unspecified atom stereocenters. The van der Waals surface area contributed by atoms with Gasteiger partial charge in [0.15, 0.2) is 11.4 Å². The summed E-state index contributed by atoms with van der Waals surface area (Å²) in [5.41, 5.74) is 1.93. The molecule has 154 valence electrons. The molecule has 1 amide bonds. The maximum atomic E-state index is 13.0. The molecular formula is C22H29N5O2. The number of rotatable bonds is 7. The molecule has 0 atom stereocenters. The molecule has 29 heavy (non-hydrogen) atoms. The Bertz CT molecular complexity index is 955. The van der Waals surface area contributed by atoms with Crippen molar-refractivity contribution in [1.82, 2.24) is 25.0 Å². The zero-order valence-electron chi connectivity index (χ0n) is 17.2. The Morgan fingerprint density at radius 2 is 2.10 bits per heavy atom. The summed E-state index contributed by atoms with van der Waals surface area (Å²) in [4.78, 5) is 20.2.